The van der Waals surface area contributed by atoms with Crippen molar-refractivity contribution in [1.29, 1.82) is 0 Å². The summed E-state index contributed by atoms with van der Waals surface area (Å²) in [5, 5.41) is 1.02. The maximum atomic E-state index is 6.34. The van der Waals surface area contributed by atoms with Crippen LogP contribution in [0.5, 0.6) is 0 Å². The first-order valence-corrected chi connectivity index (χ1v) is 8.05. The average Bonchev–Trinajstić information content (AvgIpc) is 2.58. The van der Waals surface area contributed by atoms with E-state index >= 15 is 0 Å². The summed E-state index contributed by atoms with van der Waals surface area (Å²) in [6, 6.07) is 22.4. The summed E-state index contributed by atoms with van der Waals surface area (Å²) in [5.74, 6) is 0. The molecule has 2 N–H and O–H groups in total. The van der Waals surface area contributed by atoms with Crippen molar-refractivity contribution in [3.05, 3.63) is 89.6 Å². The zero-order valence-corrected chi connectivity index (χ0v) is 13.3. The molecule has 0 spiro atoms. The Kier molecular flexibility index (Phi) is 4.56. The molecule has 1 unspecified atom stereocenters. The normalized spacial score (nSPS) is 12.1. The van der Waals surface area contributed by atoms with E-state index in [0.29, 0.717) is 0 Å². The molecule has 0 radical (unpaired) electrons. The monoisotopic (exact) mass is 306 g/mol. The Hall–Kier alpha value is -2.10. The fourth-order valence-electron chi connectivity index (χ4n) is 2.31. The van der Waals surface area contributed by atoms with Crippen molar-refractivity contribution in [1.82, 2.24) is 4.98 Å². The molecule has 2 aromatic carbocycles. The molecule has 1 aromatic heterocycles. The van der Waals surface area contributed by atoms with E-state index in [-0.39, 0.29) is 6.04 Å². The second-order valence-corrected chi connectivity index (χ2v) is 6.26. The van der Waals surface area contributed by atoms with Gasteiger partial charge in [0.25, 0.3) is 0 Å². The molecule has 22 heavy (non-hydrogen) atoms. The lowest BCUT2D eigenvalue weighted by Crippen LogP contribution is -2.12. The van der Waals surface area contributed by atoms with Crippen LogP contribution < -0.4 is 5.73 Å². The summed E-state index contributed by atoms with van der Waals surface area (Å²) in [5.41, 5.74) is 9.64. The van der Waals surface area contributed by atoms with Crippen LogP contribution in [-0.2, 0) is 0 Å². The third kappa shape index (κ3) is 3.38. The van der Waals surface area contributed by atoms with Crippen molar-refractivity contribution in [3.8, 4) is 0 Å². The minimum Gasteiger partial charge on any atom is -0.320 e. The van der Waals surface area contributed by atoms with Gasteiger partial charge in [-0.1, -0.05) is 60.3 Å². The molecule has 0 aliphatic heterocycles. The second kappa shape index (κ2) is 6.77. The Labute approximate surface area is 135 Å². The van der Waals surface area contributed by atoms with Crippen LogP contribution in [0.3, 0.4) is 0 Å². The second-order valence-electron chi connectivity index (χ2n) is 5.19. The van der Waals surface area contributed by atoms with Gasteiger partial charge >= 0.3 is 0 Å². The highest BCUT2D eigenvalue weighted by Gasteiger charge is 2.11. The first-order valence-electron chi connectivity index (χ1n) is 7.24. The van der Waals surface area contributed by atoms with Gasteiger partial charge in [0, 0.05) is 11.1 Å². The van der Waals surface area contributed by atoms with Crippen molar-refractivity contribution in [2.45, 2.75) is 22.9 Å². The largest absolute Gasteiger partial charge is 0.320 e. The van der Waals surface area contributed by atoms with Crippen LogP contribution in [0.25, 0.3) is 0 Å². The van der Waals surface area contributed by atoms with Gasteiger partial charge in [-0.3, -0.25) is 0 Å². The Morgan fingerprint density at radius 3 is 2.18 bits per heavy atom. The highest BCUT2D eigenvalue weighted by atomic mass is 32.2. The van der Waals surface area contributed by atoms with Crippen LogP contribution in [0, 0.1) is 6.92 Å². The fourth-order valence-corrected chi connectivity index (χ4v) is 3.16. The SMILES string of the molecule is Cc1cc(C(N)c2ccccc2)cnc1Sc1ccccc1. The number of hydrogen-bond acceptors (Lipinski definition) is 3. The lowest BCUT2D eigenvalue weighted by atomic mass is 10.0. The van der Waals surface area contributed by atoms with Gasteiger partial charge in [-0.15, -0.1) is 0 Å². The molecule has 2 nitrogen and oxygen atoms in total. The van der Waals surface area contributed by atoms with Gasteiger partial charge in [-0.2, -0.15) is 0 Å². The summed E-state index contributed by atoms with van der Waals surface area (Å²) in [7, 11) is 0. The van der Waals surface area contributed by atoms with Crippen LogP contribution in [-0.4, -0.2) is 4.98 Å². The summed E-state index contributed by atoms with van der Waals surface area (Å²) >= 11 is 1.68. The number of rotatable bonds is 4. The molecule has 3 rings (SSSR count). The van der Waals surface area contributed by atoms with Crippen molar-refractivity contribution in [2.75, 3.05) is 0 Å². The van der Waals surface area contributed by atoms with Crippen molar-refractivity contribution in [3.63, 3.8) is 0 Å². The molecule has 1 heterocycles. The molecule has 0 aliphatic rings. The molecule has 0 aliphatic carbocycles. The van der Waals surface area contributed by atoms with E-state index in [2.05, 4.69) is 30.1 Å². The van der Waals surface area contributed by atoms with Gasteiger partial charge in [0.2, 0.25) is 0 Å². The molecule has 0 fully saturated rings. The number of nitrogens with two attached hydrogens (primary N) is 1. The van der Waals surface area contributed by atoms with Gasteiger partial charge in [0.05, 0.1) is 6.04 Å². The van der Waals surface area contributed by atoms with E-state index in [1.807, 2.05) is 54.7 Å². The summed E-state index contributed by atoms with van der Waals surface area (Å²) in [6.07, 6.45) is 1.88. The molecule has 3 aromatic rings. The molecule has 0 saturated heterocycles. The third-order valence-corrected chi connectivity index (χ3v) is 4.66. The van der Waals surface area contributed by atoms with Gasteiger partial charge in [0.15, 0.2) is 0 Å². The van der Waals surface area contributed by atoms with E-state index in [9.17, 15) is 0 Å². The number of pyridine rings is 1. The van der Waals surface area contributed by atoms with Crippen LogP contribution in [0.4, 0.5) is 0 Å². The smallest absolute Gasteiger partial charge is 0.104 e. The number of aromatic nitrogens is 1. The van der Waals surface area contributed by atoms with Crippen molar-refractivity contribution in [2.24, 2.45) is 5.73 Å². The zero-order chi connectivity index (χ0) is 15.4. The van der Waals surface area contributed by atoms with Crippen LogP contribution in [0.2, 0.25) is 0 Å². The molecule has 3 heteroatoms. The minimum atomic E-state index is -0.136. The molecule has 110 valence electrons. The van der Waals surface area contributed by atoms with Crippen LogP contribution in [0.1, 0.15) is 22.7 Å². The predicted octanol–water partition coefficient (Wildman–Crippen LogP) is 4.59. The first-order chi connectivity index (χ1) is 10.7. The highest BCUT2D eigenvalue weighted by Crippen LogP contribution is 2.30. The molecular formula is C19H18N2S. The first kappa shape index (κ1) is 14.8. The number of aryl methyl sites for hydroxylation is 1. The Bertz CT molecular complexity index is 742. The van der Waals surface area contributed by atoms with E-state index in [0.717, 1.165) is 21.7 Å². The molecular weight excluding hydrogens is 288 g/mol. The van der Waals surface area contributed by atoms with E-state index in [1.54, 1.807) is 11.8 Å². The van der Waals surface area contributed by atoms with Crippen molar-refractivity contribution < 1.29 is 0 Å². The quantitative estimate of drug-likeness (QED) is 0.766. The van der Waals surface area contributed by atoms with E-state index in [4.69, 9.17) is 5.73 Å². The van der Waals surface area contributed by atoms with Crippen molar-refractivity contribution >= 4 is 11.8 Å². The maximum Gasteiger partial charge on any atom is 0.104 e. The van der Waals surface area contributed by atoms with Crippen LogP contribution >= 0.6 is 11.8 Å². The standard InChI is InChI=1S/C19H18N2S/c1-14-12-16(18(20)15-8-4-2-5-9-15)13-21-19(14)22-17-10-6-3-7-11-17/h2-13,18H,20H2,1H3. The zero-order valence-electron chi connectivity index (χ0n) is 12.4. The van der Waals surface area contributed by atoms with E-state index < -0.39 is 0 Å². The predicted molar refractivity (Wildman–Crippen MR) is 92.0 cm³/mol. The Morgan fingerprint density at radius 1 is 0.909 bits per heavy atom. The minimum absolute atomic E-state index is 0.136. The topological polar surface area (TPSA) is 38.9 Å². The summed E-state index contributed by atoms with van der Waals surface area (Å²) in [4.78, 5) is 5.80. The summed E-state index contributed by atoms with van der Waals surface area (Å²) in [6.45, 7) is 2.08. The Balaban J connectivity index is 1.83. The van der Waals surface area contributed by atoms with Gasteiger partial charge < -0.3 is 5.73 Å². The van der Waals surface area contributed by atoms with Gasteiger partial charge in [-0.05, 0) is 41.8 Å². The molecule has 1 atom stereocenters. The number of benzene rings is 2. The number of hydrogen-bond donors (Lipinski definition) is 1. The lowest BCUT2D eigenvalue weighted by molar-refractivity contribution is 0.850. The van der Waals surface area contributed by atoms with Gasteiger partial charge in [-0.25, -0.2) is 4.98 Å². The molecule has 0 bridgehead atoms. The Morgan fingerprint density at radius 2 is 1.55 bits per heavy atom. The van der Waals surface area contributed by atoms with E-state index in [1.165, 1.54) is 4.90 Å². The number of nitrogens with zero attached hydrogens (tertiary/aromatic N) is 1. The average molecular weight is 306 g/mol. The maximum absolute atomic E-state index is 6.34. The van der Waals surface area contributed by atoms with Gasteiger partial charge in [0.1, 0.15) is 5.03 Å². The molecule has 0 saturated carbocycles. The highest BCUT2D eigenvalue weighted by molar-refractivity contribution is 7.99. The van der Waals surface area contributed by atoms with Crippen LogP contribution in [0.15, 0.2) is 82.8 Å². The lowest BCUT2D eigenvalue weighted by Gasteiger charge is -2.14. The fraction of sp³-hybridized carbons (Fsp3) is 0.105. The molecule has 0 amide bonds. The third-order valence-electron chi connectivity index (χ3n) is 3.53. The summed E-state index contributed by atoms with van der Waals surface area (Å²) < 4.78 is 0.